The highest BCUT2D eigenvalue weighted by Gasteiger charge is 2.20. The average molecular weight is 305 g/mol. The molecule has 0 radical (unpaired) electrons. The third kappa shape index (κ3) is 4.04. The van der Waals surface area contributed by atoms with Gasteiger partial charge in [-0.25, -0.2) is 0 Å². The zero-order valence-electron chi connectivity index (χ0n) is 13.2. The molecule has 2 rings (SSSR count). The Bertz CT molecular complexity index is 552. The number of piperidine rings is 1. The molecule has 1 aromatic carbocycles. The monoisotopic (exact) mass is 305 g/mol. The Morgan fingerprint density at radius 2 is 2.09 bits per heavy atom. The summed E-state index contributed by atoms with van der Waals surface area (Å²) in [5.41, 5.74) is 0.833. The van der Waals surface area contributed by atoms with Gasteiger partial charge in [0, 0.05) is 18.2 Å². The SMILES string of the molecule is CCN1CCC(CNc2ccc(C(C)=O)cc2[N+](=O)[O-])CC1. The van der Waals surface area contributed by atoms with Gasteiger partial charge in [0.05, 0.1) is 4.92 Å². The van der Waals surface area contributed by atoms with E-state index in [1.807, 2.05) is 0 Å². The van der Waals surface area contributed by atoms with Gasteiger partial charge < -0.3 is 10.2 Å². The van der Waals surface area contributed by atoms with Crippen LogP contribution in [-0.2, 0) is 0 Å². The van der Waals surface area contributed by atoms with Crippen molar-refractivity contribution in [2.45, 2.75) is 26.7 Å². The van der Waals surface area contributed by atoms with E-state index in [4.69, 9.17) is 0 Å². The lowest BCUT2D eigenvalue weighted by atomic mass is 9.96. The van der Waals surface area contributed by atoms with Crippen molar-refractivity contribution in [1.82, 2.24) is 4.90 Å². The van der Waals surface area contributed by atoms with Crippen molar-refractivity contribution in [3.63, 3.8) is 0 Å². The van der Waals surface area contributed by atoms with E-state index >= 15 is 0 Å². The molecule has 6 heteroatoms. The van der Waals surface area contributed by atoms with Crippen LogP contribution in [0.5, 0.6) is 0 Å². The fourth-order valence-electron chi connectivity index (χ4n) is 2.81. The van der Waals surface area contributed by atoms with E-state index in [2.05, 4.69) is 17.1 Å². The van der Waals surface area contributed by atoms with Crippen molar-refractivity contribution in [2.24, 2.45) is 5.92 Å². The Morgan fingerprint density at radius 3 is 2.64 bits per heavy atom. The van der Waals surface area contributed by atoms with Crippen LogP contribution in [0.3, 0.4) is 0 Å². The molecule has 0 aromatic heterocycles. The molecular weight excluding hydrogens is 282 g/mol. The normalized spacial score (nSPS) is 16.5. The lowest BCUT2D eigenvalue weighted by molar-refractivity contribution is -0.384. The standard InChI is InChI=1S/C16H23N3O3/c1-3-18-8-6-13(7-9-18)11-17-15-5-4-14(12(2)20)10-16(15)19(21)22/h4-5,10,13,17H,3,6-9,11H2,1-2H3. The summed E-state index contributed by atoms with van der Waals surface area (Å²) in [6, 6.07) is 4.62. The molecule has 1 aliphatic heterocycles. The van der Waals surface area contributed by atoms with Gasteiger partial charge in [0.2, 0.25) is 0 Å². The first-order valence-electron chi connectivity index (χ1n) is 7.77. The van der Waals surface area contributed by atoms with Crippen molar-refractivity contribution >= 4 is 17.2 Å². The van der Waals surface area contributed by atoms with Gasteiger partial charge in [-0.2, -0.15) is 0 Å². The molecule has 22 heavy (non-hydrogen) atoms. The highest BCUT2D eigenvalue weighted by molar-refractivity contribution is 5.95. The van der Waals surface area contributed by atoms with E-state index in [-0.39, 0.29) is 11.5 Å². The number of likely N-dealkylation sites (tertiary alicyclic amines) is 1. The minimum atomic E-state index is -0.436. The largest absolute Gasteiger partial charge is 0.379 e. The third-order valence-electron chi connectivity index (χ3n) is 4.34. The van der Waals surface area contributed by atoms with Gasteiger partial charge in [-0.15, -0.1) is 0 Å². The van der Waals surface area contributed by atoms with Crippen LogP contribution in [0.2, 0.25) is 0 Å². The van der Waals surface area contributed by atoms with Crippen LogP contribution >= 0.6 is 0 Å². The van der Waals surface area contributed by atoms with Crippen molar-refractivity contribution in [2.75, 3.05) is 31.5 Å². The number of hydrogen-bond acceptors (Lipinski definition) is 5. The minimum Gasteiger partial charge on any atom is -0.379 e. The van der Waals surface area contributed by atoms with E-state index in [1.54, 1.807) is 12.1 Å². The van der Waals surface area contributed by atoms with Crippen molar-refractivity contribution in [1.29, 1.82) is 0 Å². The number of hydrogen-bond donors (Lipinski definition) is 1. The number of nitrogens with zero attached hydrogens (tertiary/aromatic N) is 2. The van der Waals surface area contributed by atoms with Crippen LogP contribution < -0.4 is 5.32 Å². The molecule has 0 atom stereocenters. The Kier molecular flexibility index (Phi) is 5.49. The quantitative estimate of drug-likeness (QED) is 0.497. The molecule has 1 aliphatic rings. The van der Waals surface area contributed by atoms with E-state index in [0.29, 0.717) is 17.2 Å². The molecule has 0 aliphatic carbocycles. The lowest BCUT2D eigenvalue weighted by Gasteiger charge is -2.31. The molecule has 0 spiro atoms. The fourth-order valence-corrected chi connectivity index (χ4v) is 2.81. The number of nitro benzene ring substituents is 1. The predicted molar refractivity (Wildman–Crippen MR) is 86.4 cm³/mol. The van der Waals surface area contributed by atoms with Crippen molar-refractivity contribution in [3.05, 3.63) is 33.9 Å². The van der Waals surface area contributed by atoms with Crippen LogP contribution in [0, 0.1) is 16.0 Å². The van der Waals surface area contributed by atoms with Crippen LogP contribution in [0.4, 0.5) is 11.4 Å². The van der Waals surface area contributed by atoms with E-state index < -0.39 is 4.92 Å². The van der Waals surface area contributed by atoms with Gasteiger partial charge in [0.15, 0.2) is 5.78 Å². The molecule has 0 amide bonds. The molecule has 6 nitrogen and oxygen atoms in total. The lowest BCUT2D eigenvalue weighted by Crippen LogP contribution is -2.35. The molecule has 0 saturated carbocycles. The molecule has 0 unspecified atom stereocenters. The average Bonchev–Trinajstić information content (AvgIpc) is 2.53. The van der Waals surface area contributed by atoms with Gasteiger partial charge in [-0.3, -0.25) is 14.9 Å². The maximum absolute atomic E-state index is 11.3. The number of rotatable bonds is 6. The fraction of sp³-hybridized carbons (Fsp3) is 0.562. The smallest absolute Gasteiger partial charge is 0.293 e. The summed E-state index contributed by atoms with van der Waals surface area (Å²) in [6.07, 6.45) is 2.22. The van der Waals surface area contributed by atoms with Crippen LogP contribution in [0.25, 0.3) is 0 Å². The maximum atomic E-state index is 11.3. The summed E-state index contributed by atoms with van der Waals surface area (Å²) < 4.78 is 0. The molecule has 1 N–H and O–H groups in total. The maximum Gasteiger partial charge on any atom is 0.293 e. The van der Waals surface area contributed by atoms with Gasteiger partial charge in [0.25, 0.3) is 5.69 Å². The molecule has 120 valence electrons. The summed E-state index contributed by atoms with van der Waals surface area (Å²) in [5.74, 6) is 0.372. The highest BCUT2D eigenvalue weighted by atomic mass is 16.6. The number of ketones is 1. The number of anilines is 1. The van der Waals surface area contributed by atoms with Gasteiger partial charge in [-0.05, 0) is 57.5 Å². The minimum absolute atomic E-state index is 0.0290. The first kappa shape index (κ1) is 16.4. The van der Waals surface area contributed by atoms with Gasteiger partial charge in [-0.1, -0.05) is 6.92 Å². The molecule has 1 heterocycles. The van der Waals surface area contributed by atoms with Gasteiger partial charge in [0.1, 0.15) is 5.69 Å². The number of nitrogens with one attached hydrogen (secondary N) is 1. The summed E-state index contributed by atoms with van der Waals surface area (Å²) in [6.45, 7) is 7.57. The molecule has 1 saturated heterocycles. The number of nitro groups is 1. The molecular formula is C16H23N3O3. The second kappa shape index (κ2) is 7.35. The summed E-state index contributed by atoms with van der Waals surface area (Å²) >= 11 is 0. The first-order chi connectivity index (χ1) is 10.5. The molecule has 0 bridgehead atoms. The van der Waals surface area contributed by atoms with E-state index in [0.717, 1.165) is 39.0 Å². The zero-order chi connectivity index (χ0) is 16.1. The van der Waals surface area contributed by atoms with E-state index in [1.165, 1.54) is 13.0 Å². The summed E-state index contributed by atoms with van der Waals surface area (Å²) in [5, 5.41) is 14.4. The number of Topliss-reactive ketones (excluding diaryl/α,β-unsaturated/α-hetero) is 1. The summed E-state index contributed by atoms with van der Waals surface area (Å²) in [7, 11) is 0. The second-order valence-electron chi connectivity index (χ2n) is 5.80. The summed E-state index contributed by atoms with van der Waals surface area (Å²) in [4.78, 5) is 24.5. The Morgan fingerprint density at radius 1 is 1.41 bits per heavy atom. The number of benzene rings is 1. The Balaban J connectivity index is 2.00. The molecule has 1 aromatic rings. The van der Waals surface area contributed by atoms with Crippen molar-refractivity contribution < 1.29 is 9.72 Å². The van der Waals surface area contributed by atoms with E-state index in [9.17, 15) is 14.9 Å². The van der Waals surface area contributed by atoms with Crippen LogP contribution in [0.15, 0.2) is 18.2 Å². The van der Waals surface area contributed by atoms with Crippen LogP contribution in [0.1, 0.15) is 37.0 Å². The van der Waals surface area contributed by atoms with Crippen LogP contribution in [-0.4, -0.2) is 41.8 Å². The number of carbonyl (C=O) groups excluding carboxylic acids is 1. The molecule has 1 fully saturated rings. The predicted octanol–water partition coefficient (Wildman–Crippen LogP) is 2.94. The highest BCUT2D eigenvalue weighted by Crippen LogP contribution is 2.27. The number of carbonyl (C=O) groups is 1. The second-order valence-corrected chi connectivity index (χ2v) is 5.80. The Hall–Kier alpha value is -1.95. The Labute approximate surface area is 130 Å². The third-order valence-corrected chi connectivity index (χ3v) is 4.34. The first-order valence-corrected chi connectivity index (χ1v) is 7.77. The van der Waals surface area contributed by atoms with Crippen molar-refractivity contribution in [3.8, 4) is 0 Å². The zero-order valence-corrected chi connectivity index (χ0v) is 13.2. The topological polar surface area (TPSA) is 75.5 Å². The van der Waals surface area contributed by atoms with Gasteiger partial charge >= 0.3 is 0 Å².